The molecule has 1 aliphatic rings. The zero-order valence-electron chi connectivity index (χ0n) is 16.3. The van der Waals surface area contributed by atoms with Crippen LogP contribution in [0.4, 0.5) is 11.4 Å². The van der Waals surface area contributed by atoms with E-state index in [2.05, 4.69) is 0 Å². The second kappa shape index (κ2) is 8.13. The molecule has 0 saturated carbocycles. The Hall–Kier alpha value is -3.22. The van der Waals surface area contributed by atoms with Crippen LogP contribution in [0.2, 0.25) is 10.0 Å². The molecule has 1 atom stereocenters. The number of methoxy groups -OCH3 is 1. The number of phenols is 1. The van der Waals surface area contributed by atoms with Crippen molar-refractivity contribution in [2.24, 2.45) is 0 Å². The summed E-state index contributed by atoms with van der Waals surface area (Å²) in [4.78, 5) is 26.3. The van der Waals surface area contributed by atoms with Crippen LogP contribution in [0, 0.1) is 0 Å². The molecule has 1 unspecified atom stereocenters. The number of ether oxygens (including phenoxy) is 1. The minimum atomic E-state index is -1.26. The fraction of sp³-hybridized carbons (Fsp3) is 0.130. The Kier molecular flexibility index (Phi) is 5.52. The number of amides is 1. The van der Waals surface area contributed by atoms with Crippen molar-refractivity contribution in [2.45, 2.75) is 12.3 Å². The maximum atomic E-state index is 13.6. The molecule has 1 aliphatic heterocycles. The van der Waals surface area contributed by atoms with Crippen LogP contribution in [0.3, 0.4) is 0 Å². The summed E-state index contributed by atoms with van der Waals surface area (Å²) < 4.78 is 5.52. The van der Waals surface area contributed by atoms with E-state index >= 15 is 0 Å². The van der Waals surface area contributed by atoms with E-state index < -0.39 is 17.6 Å². The molecule has 1 amide bonds. The quantitative estimate of drug-likeness (QED) is 0.534. The second-order valence-corrected chi connectivity index (χ2v) is 7.84. The number of rotatable bonds is 5. The zero-order valence-corrected chi connectivity index (χ0v) is 17.8. The van der Waals surface area contributed by atoms with Gasteiger partial charge in [0.05, 0.1) is 24.4 Å². The lowest BCUT2D eigenvalue weighted by molar-refractivity contribution is -0.118. The lowest BCUT2D eigenvalue weighted by Gasteiger charge is -2.19. The van der Waals surface area contributed by atoms with E-state index in [4.69, 9.17) is 27.9 Å². The molecule has 0 saturated heterocycles. The first-order chi connectivity index (χ1) is 14.8. The number of carbonyl (C=O) groups excluding carboxylic acids is 1. The number of aromatic hydroxyl groups is 1. The van der Waals surface area contributed by atoms with E-state index in [-0.39, 0.29) is 17.9 Å². The topological polar surface area (TPSA) is 87.1 Å². The Morgan fingerprint density at radius 1 is 1.10 bits per heavy atom. The van der Waals surface area contributed by atoms with Crippen molar-refractivity contribution >= 4 is 46.5 Å². The number of hydrogen-bond donors (Lipinski definition) is 2. The van der Waals surface area contributed by atoms with E-state index in [1.165, 1.54) is 30.2 Å². The first kappa shape index (κ1) is 21.0. The van der Waals surface area contributed by atoms with Gasteiger partial charge in [-0.2, -0.15) is 0 Å². The van der Waals surface area contributed by atoms with Crippen molar-refractivity contribution in [1.82, 2.24) is 0 Å². The van der Waals surface area contributed by atoms with E-state index in [0.717, 1.165) is 0 Å². The maximum Gasteiger partial charge on any atom is 0.339 e. The summed E-state index contributed by atoms with van der Waals surface area (Å²) >= 11 is 12.7. The number of carboxylic acids is 1. The van der Waals surface area contributed by atoms with Crippen LogP contribution in [0.1, 0.15) is 27.4 Å². The Bertz CT molecular complexity index is 1190. The lowest BCUT2D eigenvalue weighted by Crippen LogP contribution is -2.25. The highest BCUT2D eigenvalue weighted by molar-refractivity contribution is 6.36. The summed E-state index contributed by atoms with van der Waals surface area (Å²) in [6.45, 7) is 0. The zero-order chi connectivity index (χ0) is 22.3. The van der Waals surface area contributed by atoms with Crippen molar-refractivity contribution in [3.05, 3.63) is 81.3 Å². The molecular weight excluding hydrogens is 441 g/mol. The summed E-state index contributed by atoms with van der Waals surface area (Å²) in [5.41, 5.74) is 2.00. The summed E-state index contributed by atoms with van der Waals surface area (Å²) in [6, 6.07) is 14.5. The van der Waals surface area contributed by atoms with Crippen LogP contribution in [-0.4, -0.2) is 29.2 Å². The van der Waals surface area contributed by atoms with Gasteiger partial charge in [0.1, 0.15) is 17.1 Å². The van der Waals surface area contributed by atoms with E-state index in [1.54, 1.807) is 36.4 Å². The average molecular weight is 458 g/mol. The van der Waals surface area contributed by atoms with Gasteiger partial charge in [-0.05, 0) is 48.4 Å². The number of carbonyl (C=O) groups is 2. The molecule has 2 N–H and O–H groups in total. The lowest BCUT2D eigenvalue weighted by atomic mass is 9.92. The van der Waals surface area contributed by atoms with Gasteiger partial charge in [-0.3, -0.25) is 9.69 Å². The molecule has 0 fully saturated rings. The van der Waals surface area contributed by atoms with Gasteiger partial charge < -0.3 is 14.9 Å². The van der Waals surface area contributed by atoms with E-state index in [0.29, 0.717) is 38.3 Å². The van der Waals surface area contributed by atoms with Crippen LogP contribution in [0.25, 0.3) is 0 Å². The van der Waals surface area contributed by atoms with Gasteiger partial charge >= 0.3 is 5.97 Å². The van der Waals surface area contributed by atoms with Crippen molar-refractivity contribution in [3.63, 3.8) is 0 Å². The van der Waals surface area contributed by atoms with Gasteiger partial charge in [-0.1, -0.05) is 35.3 Å². The van der Waals surface area contributed by atoms with Crippen LogP contribution in [-0.2, 0) is 11.2 Å². The van der Waals surface area contributed by atoms with Gasteiger partial charge in [0, 0.05) is 21.7 Å². The molecule has 1 heterocycles. The predicted octanol–water partition coefficient (Wildman–Crippen LogP) is 5.41. The largest absolute Gasteiger partial charge is 0.507 e. The third-order valence-electron chi connectivity index (χ3n) is 5.31. The number of carboxylic acid groups (broad SMARTS) is 1. The third kappa shape index (κ3) is 3.58. The summed E-state index contributed by atoms with van der Waals surface area (Å²) in [7, 11) is 1.52. The van der Waals surface area contributed by atoms with Gasteiger partial charge in [-0.25, -0.2) is 4.79 Å². The van der Waals surface area contributed by atoms with Gasteiger partial charge in [0.25, 0.3) is 0 Å². The Morgan fingerprint density at radius 2 is 1.77 bits per heavy atom. The van der Waals surface area contributed by atoms with Crippen molar-refractivity contribution in [2.75, 3.05) is 12.0 Å². The normalized spacial score (nSPS) is 15.1. The van der Waals surface area contributed by atoms with Crippen LogP contribution >= 0.6 is 23.2 Å². The highest BCUT2D eigenvalue weighted by Gasteiger charge is 2.41. The van der Waals surface area contributed by atoms with E-state index in [9.17, 15) is 19.8 Å². The molecule has 3 aromatic rings. The highest BCUT2D eigenvalue weighted by atomic mass is 35.5. The molecule has 0 spiro atoms. The number of nitrogens with zero attached hydrogens (tertiary/aromatic N) is 1. The summed E-state index contributed by atoms with van der Waals surface area (Å²) in [5.74, 6) is -2.05. The molecular formula is C23H17Cl2NO5. The fourth-order valence-electron chi connectivity index (χ4n) is 3.88. The molecule has 0 radical (unpaired) electrons. The van der Waals surface area contributed by atoms with Crippen LogP contribution in [0.15, 0.2) is 54.6 Å². The number of aromatic carboxylic acids is 1. The van der Waals surface area contributed by atoms with Crippen molar-refractivity contribution in [1.29, 1.82) is 0 Å². The molecule has 8 heteroatoms. The average Bonchev–Trinajstić information content (AvgIpc) is 3.01. The fourth-order valence-corrected chi connectivity index (χ4v) is 4.43. The smallest absolute Gasteiger partial charge is 0.339 e. The predicted molar refractivity (Wildman–Crippen MR) is 118 cm³/mol. The molecule has 4 rings (SSSR count). The maximum absolute atomic E-state index is 13.6. The van der Waals surface area contributed by atoms with Crippen LogP contribution in [0.5, 0.6) is 11.5 Å². The molecule has 3 aromatic carbocycles. The molecule has 0 aromatic heterocycles. The van der Waals surface area contributed by atoms with E-state index in [1.807, 2.05) is 0 Å². The molecule has 158 valence electrons. The summed E-state index contributed by atoms with van der Waals surface area (Å²) in [6.07, 6.45) is 0.250. The Morgan fingerprint density at radius 3 is 2.39 bits per heavy atom. The number of hydrogen-bond acceptors (Lipinski definition) is 4. The van der Waals surface area contributed by atoms with Gasteiger partial charge in [0.2, 0.25) is 5.91 Å². The Labute approximate surface area is 188 Å². The monoisotopic (exact) mass is 457 g/mol. The number of anilines is 2. The van der Waals surface area contributed by atoms with Crippen molar-refractivity contribution in [3.8, 4) is 11.5 Å². The number of fused-ring (bicyclic) bond motifs is 1. The number of benzene rings is 3. The third-order valence-corrected chi connectivity index (χ3v) is 6.02. The minimum Gasteiger partial charge on any atom is -0.507 e. The SMILES string of the molecule is COc1cccc2c1C(Cc1c(Cl)cccc1Cl)C(=O)N2c1ccc(C(=O)O)c(O)c1. The molecule has 0 bridgehead atoms. The standard InChI is InChI=1S/C23H17Cl2NO5/c1-31-20-7-3-6-18-21(20)15(11-14-16(24)4-2-5-17(14)25)22(28)26(18)12-8-9-13(23(29)30)19(27)10-12/h2-10,15,27H,11H2,1H3,(H,29,30). The summed E-state index contributed by atoms with van der Waals surface area (Å²) in [5, 5.41) is 20.2. The number of halogens is 2. The highest BCUT2D eigenvalue weighted by Crippen LogP contribution is 2.49. The minimum absolute atomic E-state index is 0.249. The first-order valence-corrected chi connectivity index (χ1v) is 10.1. The molecule has 0 aliphatic carbocycles. The second-order valence-electron chi connectivity index (χ2n) is 7.03. The molecule has 31 heavy (non-hydrogen) atoms. The van der Waals surface area contributed by atoms with Crippen LogP contribution < -0.4 is 9.64 Å². The molecule has 6 nitrogen and oxygen atoms in total. The van der Waals surface area contributed by atoms with Gasteiger partial charge in [-0.15, -0.1) is 0 Å². The van der Waals surface area contributed by atoms with Crippen molar-refractivity contribution < 1.29 is 24.5 Å². The van der Waals surface area contributed by atoms with Gasteiger partial charge in [0.15, 0.2) is 0 Å². The first-order valence-electron chi connectivity index (χ1n) is 9.33. The Balaban J connectivity index is 1.84.